The Hall–Kier alpha value is -2.03. The van der Waals surface area contributed by atoms with Gasteiger partial charge >= 0.3 is 0 Å². The molecule has 0 aromatic heterocycles. The van der Waals surface area contributed by atoms with Crippen molar-refractivity contribution in [3.8, 4) is 11.5 Å². The molecule has 2 aromatic carbocycles. The number of hydrogen-bond donors (Lipinski definition) is 1. The van der Waals surface area contributed by atoms with Gasteiger partial charge < -0.3 is 19.7 Å². The van der Waals surface area contributed by atoms with Crippen molar-refractivity contribution in [1.29, 1.82) is 0 Å². The Kier molecular flexibility index (Phi) is 8.82. The van der Waals surface area contributed by atoms with Crippen molar-refractivity contribution in [2.45, 2.75) is 12.8 Å². The third kappa shape index (κ3) is 5.98. The summed E-state index contributed by atoms with van der Waals surface area (Å²) in [7, 11) is 3.69. The Morgan fingerprint density at radius 2 is 2.11 bits per heavy atom. The standard InChI is InChI=1S/C21H26FN3O2.HI/c1-23-21(25(2)12-14-27-20-6-4-3-5-18(20)22)24-11-9-16-7-8-19-17(15-16)10-13-26-19;/h3-8,15H,9-14H2,1-2H3,(H,23,24);1H. The summed E-state index contributed by atoms with van der Waals surface area (Å²) in [5, 5.41) is 3.36. The molecule has 0 bridgehead atoms. The second-order valence-electron chi connectivity index (χ2n) is 6.46. The minimum absolute atomic E-state index is 0. The minimum atomic E-state index is -0.345. The number of benzene rings is 2. The fourth-order valence-corrected chi connectivity index (χ4v) is 3.06. The highest BCUT2D eigenvalue weighted by molar-refractivity contribution is 14.0. The lowest BCUT2D eigenvalue weighted by atomic mass is 10.1. The fraction of sp³-hybridized carbons (Fsp3) is 0.381. The summed E-state index contributed by atoms with van der Waals surface area (Å²) in [6.45, 7) is 2.54. The lowest BCUT2D eigenvalue weighted by Gasteiger charge is -2.22. The molecule has 0 spiro atoms. The average molecular weight is 499 g/mol. The van der Waals surface area contributed by atoms with Crippen molar-refractivity contribution in [2.75, 3.05) is 40.4 Å². The third-order valence-electron chi connectivity index (χ3n) is 4.54. The van der Waals surface area contributed by atoms with Crippen LogP contribution in [-0.2, 0) is 12.8 Å². The summed E-state index contributed by atoms with van der Waals surface area (Å²) < 4.78 is 24.6. The first kappa shape index (κ1) is 22.3. The summed E-state index contributed by atoms with van der Waals surface area (Å²) in [5.41, 5.74) is 2.58. The first-order chi connectivity index (χ1) is 13.2. The molecule has 1 N–H and O–H groups in total. The maximum atomic E-state index is 13.6. The maximum absolute atomic E-state index is 13.6. The molecule has 0 fully saturated rings. The van der Waals surface area contributed by atoms with Crippen molar-refractivity contribution in [3.63, 3.8) is 0 Å². The van der Waals surface area contributed by atoms with Gasteiger partial charge in [0.15, 0.2) is 17.5 Å². The zero-order valence-electron chi connectivity index (χ0n) is 16.3. The molecule has 1 aliphatic rings. The quantitative estimate of drug-likeness (QED) is 0.360. The molecule has 0 atom stereocenters. The summed E-state index contributed by atoms with van der Waals surface area (Å²) >= 11 is 0. The van der Waals surface area contributed by atoms with Crippen molar-refractivity contribution in [1.82, 2.24) is 10.2 Å². The molecule has 5 nitrogen and oxygen atoms in total. The van der Waals surface area contributed by atoms with Gasteiger partial charge in [0, 0.05) is 27.1 Å². The molecule has 0 amide bonds. The van der Waals surface area contributed by atoms with Gasteiger partial charge in [0.05, 0.1) is 13.2 Å². The maximum Gasteiger partial charge on any atom is 0.193 e. The van der Waals surface area contributed by atoms with E-state index in [2.05, 4.69) is 28.5 Å². The molecule has 0 unspecified atom stereocenters. The van der Waals surface area contributed by atoms with Crippen LogP contribution in [0.4, 0.5) is 4.39 Å². The average Bonchev–Trinajstić information content (AvgIpc) is 3.14. The van der Waals surface area contributed by atoms with E-state index >= 15 is 0 Å². The molecule has 1 heterocycles. The normalized spacial score (nSPS) is 12.6. The van der Waals surface area contributed by atoms with Crippen LogP contribution in [0.1, 0.15) is 11.1 Å². The summed E-state index contributed by atoms with van der Waals surface area (Å²) in [6.07, 6.45) is 1.90. The molecule has 0 radical (unpaired) electrons. The number of ether oxygens (including phenoxy) is 2. The van der Waals surface area contributed by atoms with Crippen LogP contribution in [0.15, 0.2) is 47.5 Å². The number of hydrogen-bond acceptors (Lipinski definition) is 3. The lowest BCUT2D eigenvalue weighted by molar-refractivity contribution is 0.270. The smallest absolute Gasteiger partial charge is 0.193 e. The number of rotatable bonds is 7. The van der Waals surface area contributed by atoms with Gasteiger partial charge in [-0.05, 0) is 35.7 Å². The van der Waals surface area contributed by atoms with Crippen LogP contribution in [0.3, 0.4) is 0 Å². The van der Waals surface area contributed by atoms with Gasteiger partial charge in [-0.3, -0.25) is 4.99 Å². The van der Waals surface area contributed by atoms with Crippen LogP contribution in [0, 0.1) is 5.82 Å². The second-order valence-corrected chi connectivity index (χ2v) is 6.46. The van der Waals surface area contributed by atoms with Crippen molar-refractivity contribution in [3.05, 3.63) is 59.4 Å². The highest BCUT2D eigenvalue weighted by atomic mass is 127. The van der Waals surface area contributed by atoms with E-state index in [0.717, 1.165) is 37.7 Å². The van der Waals surface area contributed by atoms with E-state index in [-0.39, 0.29) is 35.5 Å². The molecule has 7 heteroatoms. The van der Waals surface area contributed by atoms with E-state index in [4.69, 9.17) is 9.47 Å². The van der Waals surface area contributed by atoms with E-state index in [9.17, 15) is 4.39 Å². The molecular formula is C21H27FIN3O2. The number of fused-ring (bicyclic) bond motifs is 1. The summed E-state index contributed by atoms with van der Waals surface area (Å²) in [5.74, 6) is 1.73. The number of guanidine groups is 1. The van der Waals surface area contributed by atoms with E-state index in [1.54, 1.807) is 25.2 Å². The van der Waals surface area contributed by atoms with Crippen LogP contribution in [0.25, 0.3) is 0 Å². The van der Waals surface area contributed by atoms with Crippen molar-refractivity contribution >= 4 is 29.9 Å². The number of nitrogens with one attached hydrogen (secondary N) is 1. The number of likely N-dealkylation sites (N-methyl/N-ethyl adjacent to an activating group) is 1. The number of para-hydroxylation sites is 1. The van der Waals surface area contributed by atoms with Gasteiger partial charge in [-0.15, -0.1) is 24.0 Å². The van der Waals surface area contributed by atoms with Gasteiger partial charge in [0.1, 0.15) is 12.4 Å². The van der Waals surface area contributed by atoms with Gasteiger partial charge in [0.25, 0.3) is 0 Å². The van der Waals surface area contributed by atoms with Gasteiger partial charge in [0.2, 0.25) is 0 Å². The topological polar surface area (TPSA) is 46.1 Å². The number of nitrogens with zero attached hydrogens (tertiary/aromatic N) is 2. The Morgan fingerprint density at radius 3 is 2.89 bits per heavy atom. The highest BCUT2D eigenvalue weighted by Crippen LogP contribution is 2.25. The number of aliphatic imine (C=N–C) groups is 1. The van der Waals surface area contributed by atoms with Crippen molar-refractivity contribution < 1.29 is 13.9 Å². The SMILES string of the molecule is CN=C(NCCc1ccc2c(c1)CCO2)N(C)CCOc1ccccc1F.I. The summed E-state index contributed by atoms with van der Waals surface area (Å²) in [6, 6.07) is 12.8. The molecular weight excluding hydrogens is 472 g/mol. The molecule has 3 rings (SSSR count). The molecule has 28 heavy (non-hydrogen) atoms. The monoisotopic (exact) mass is 499 g/mol. The Bertz CT molecular complexity index is 801. The highest BCUT2D eigenvalue weighted by Gasteiger charge is 2.12. The largest absolute Gasteiger partial charge is 0.493 e. The van der Waals surface area contributed by atoms with Gasteiger partial charge in [-0.25, -0.2) is 4.39 Å². The van der Waals surface area contributed by atoms with Gasteiger partial charge in [-0.1, -0.05) is 24.3 Å². The zero-order valence-corrected chi connectivity index (χ0v) is 18.6. The molecule has 0 saturated carbocycles. The lowest BCUT2D eigenvalue weighted by Crippen LogP contribution is -2.41. The molecule has 2 aromatic rings. The fourth-order valence-electron chi connectivity index (χ4n) is 3.06. The third-order valence-corrected chi connectivity index (χ3v) is 4.54. The predicted molar refractivity (Wildman–Crippen MR) is 121 cm³/mol. The molecule has 1 aliphatic heterocycles. The molecule has 0 aliphatic carbocycles. The van der Waals surface area contributed by atoms with E-state index in [1.165, 1.54) is 17.2 Å². The van der Waals surface area contributed by atoms with Crippen molar-refractivity contribution in [2.24, 2.45) is 4.99 Å². The second kappa shape index (κ2) is 11.1. The first-order valence-electron chi connectivity index (χ1n) is 9.21. The van der Waals surface area contributed by atoms with E-state index in [0.29, 0.717) is 13.2 Å². The Balaban J connectivity index is 0.00000280. The summed E-state index contributed by atoms with van der Waals surface area (Å²) in [4.78, 5) is 6.27. The molecule has 0 saturated heterocycles. The van der Waals surface area contributed by atoms with E-state index in [1.807, 2.05) is 11.9 Å². The van der Waals surface area contributed by atoms with Crippen LogP contribution in [0.2, 0.25) is 0 Å². The Morgan fingerprint density at radius 1 is 1.29 bits per heavy atom. The van der Waals surface area contributed by atoms with Crippen LogP contribution in [-0.4, -0.2) is 51.3 Å². The van der Waals surface area contributed by atoms with Crippen LogP contribution in [0.5, 0.6) is 11.5 Å². The van der Waals surface area contributed by atoms with Crippen LogP contribution >= 0.6 is 24.0 Å². The zero-order chi connectivity index (χ0) is 19.1. The minimum Gasteiger partial charge on any atom is -0.493 e. The van der Waals surface area contributed by atoms with Crippen LogP contribution < -0.4 is 14.8 Å². The van der Waals surface area contributed by atoms with E-state index < -0.39 is 0 Å². The predicted octanol–water partition coefficient (Wildman–Crippen LogP) is 3.51. The number of halogens is 2. The molecule has 152 valence electrons. The van der Waals surface area contributed by atoms with Gasteiger partial charge in [-0.2, -0.15) is 0 Å². The first-order valence-corrected chi connectivity index (χ1v) is 9.21. The Labute approximate surface area is 183 Å².